The van der Waals surface area contributed by atoms with E-state index in [2.05, 4.69) is 40.7 Å². The Morgan fingerprint density at radius 1 is 1.60 bits per heavy atom. The van der Waals surface area contributed by atoms with E-state index in [-0.39, 0.29) is 0 Å². The van der Waals surface area contributed by atoms with Crippen molar-refractivity contribution in [2.45, 2.75) is 6.92 Å². The van der Waals surface area contributed by atoms with Crippen LogP contribution in [0, 0.1) is 13.1 Å². The molecular formula is C6H5Br2NZn. The number of pyridine rings is 1. The van der Waals surface area contributed by atoms with Gasteiger partial charge < -0.3 is 4.98 Å². The number of aryl methyl sites for hydroxylation is 1. The first-order valence-electron chi connectivity index (χ1n) is 2.55. The van der Waals surface area contributed by atoms with Crippen molar-refractivity contribution in [2.75, 3.05) is 0 Å². The molecule has 0 bridgehead atoms. The number of hydrogen-bond donors (Lipinski definition) is 0. The molecular weight excluding hydrogens is 311 g/mol. The zero-order valence-corrected chi connectivity index (χ0v) is 11.7. The number of hydrogen-bond acceptors (Lipinski definition) is 1. The van der Waals surface area contributed by atoms with Crippen molar-refractivity contribution in [1.29, 1.82) is 0 Å². The third kappa shape index (κ3) is 4.53. The van der Waals surface area contributed by atoms with Crippen LogP contribution in [0.5, 0.6) is 0 Å². The molecule has 1 nitrogen and oxygen atoms in total. The molecule has 0 fully saturated rings. The van der Waals surface area contributed by atoms with Gasteiger partial charge in [-0.1, -0.05) is 39.7 Å². The Morgan fingerprint density at radius 3 is 2.50 bits per heavy atom. The Balaban J connectivity index is 0.000000371. The molecule has 1 rings (SSSR count). The Bertz CT molecular complexity index is 176. The van der Waals surface area contributed by atoms with Crippen LogP contribution in [0.2, 0.25) is 0 Å². The molecule has 4 heteroatoms. The second-order valence-corrected chi connectivity index (χ2v) is 2.50. The maximum absolute atomic E-state index is 3.81. The molecule has 0 saturated carbocycles. The number of rotatable bonds is 0. The van der Waals surface area contributed by atoms with Crippen LogP contribution in [0.1, 0.15) is 5.56 Å². The molecule has 50 valence electrons. The molecule has 0 N–H and O–H groups in total. The molecule has 1 aromatic heterocycles. The fraction of sp³-hybridized carbons (Fsp3) is 0.167. The van der Waals surface area contributed by atoms with Gasteiger partial charge in [-0.15, -0.1) is 5.56 Å². The van der Waals surface area contributed by atoms with Crippen LogP contribution in [0.25, 0.3) is 0 Å². The molecule has 0 aliphatic carbocycles. The molecule has 0 spiro atoms. The van der Waals surface area contributed by atoms with Gasteiger partial charge in [0.15, 0.2) is 0 Å². The van der Waals surface area contributed by atoms with Crippen LogP contribution < -0.4 is 0 Å². The predicted octanol–water partition coefficient (Wildman–Crippen LogP) is 2.80. The van der Waals surface area contributed by atoms with Crippen LogP contribution in [-0.2, 0) is 16.3 Å². The molecule has 0 unspecified atom stereocenters. The Kier molecular flexibility index (Phi) is 6.92. The standard InChI is InChI=1S/C6H5BrN.BrH.Zn/c1-5-2-6(7)4-8-3-5;;/h2,4H,1H3;1H;/q-1;;+2/p-1. The first kappa shape index (κ1) is 10.7. The molecule has 0 amide bonds. The summed E-state index contributed by atoms with van der Waals surface area (Å²) < 4.78 is 1.01. The number of aromatic nitrogens is 1. The van der Waals surface area contributed by atoms with E-state index in [0.29, 0.717) is 0 Å². The minimum atomic E-state index is 1.01. The summed E-state index contributed by atoms with van der Waals surface area (Å²) >= 11 is 7.53. The third-order valence-electron chi connectivity index (χ3n) is 0.783. The van der Waals surface area contributed by atoms with E-state index in [4.69, 9.17) is 0 Å². The molecule has 1 heterocycles. The first-order valence-corrected chi connectivity index (χ1v) is 10.3. The summed E-state index contributed by atoms with van der Waals surface area (Å²) in [7, 11) is 0. The summed E-state index contributed by atoms with van der Waals surface area (Å²) in [5.74, 6) is 0. The van der Waals surface area contributed by atoms with Crippen LogP contribution in [0.15, 0.2) is 16.7 Å². The molecule has 0 aliphatic heterocycles. The van der Waals surface area contributed by atoms with Gasteiger partial charge in [0.2, 0.25) is 0 Å². The molecule has 1 aromatic rings. The van der Waals surface area contributed by atoms with E-state index in [1.54, 1.807) is 6.20 Å². The van der Waals surface area contributed by atoms with Crippen molar-refractivity contribution < 1.29 is 16.3 Å². The van der Waals surface area contributed by atoms with Crippen molar-refractivity contribution in [3.05, 3.63) is 28.5 Å². The zero-order valence-electron chi connectivity index (χ0n) is 5.56. The van der Waals surface area contributed by atoms with Gasteiger partial charge in [0.25, 0.3) is 0 Å². The second-order valence-electron chi connectivity index (χ2n) is 1.58. The average molecular weight is 316 g/mol. The van der Waals surface area contributed by atoms with Crippen LogP contribution in [0.3, 0.4) is 0 Å². The topological polar surface area (TPSA) is 12.9 Å². The van der Waals surface area contributed by atoms with E-state index >= 15 is 0 Å². The summed E-state index contributed by atoms with van der Waals surface area (Å²) in [4.78, 5) is 3.81. The molecule has 0 aliphatic rings. The van der Waals surface area contributed by atoms with E-state index in [0.717, 1.165) is 10.0 Å². The van der Waals surface area contributed by atoms with E-state index in [1.165, 1.54) is 16.3 Å². The molecule has 0 aromatic carbocycles. The van der Waals surface area contributed by atoms with Crippen molar-refractivity contribution in [2.24, 2.45) is 0 Å². The van der Waals surface area contributed by atoms with E-state index in [1.807, 2.05) is 13.0 Å². The average Bonchev–Trinajstić information content (AvgIpc) is 1.91. The predicted molar refractivity (Wildman–Crippen MR) is 44.4 cm³/mol. The van der Waals surface area contributed by atoms with Crippen LogP contribution >= 0.6 is 29.6 Å². The van der Waals surface area contributed by atoms with Crippen LogP contribution in [-0.4, -0.2) is 4.98 Å². The van der Waals surface area contributed by atoms with Crippen molar-refractivity contribution in [3.63, 3.8) is 0 Å². The molecule has 0 radical (unpaired) electrons. The van der Waals surface area contributed by atoms with Crippen LogP contribution in [0.4, 0.5) is 0 Å². The van der Waals surface area contributed by atoms with Gasteiger partial charge in [0, 0.05) is 0 Å². The SMILES string of the molecule is Cc1[c-]ncc(Br)c1.[Zn+][Br]. The summed E-state index contributed by atoms with van der Waals surface area (Å²) in [5.41, 5.74) is 1.05. The Morgan fingerprint density at radius 2 is 2.20 bits per heavy atom. The van der Waals surface area contributed by atoms with Crippen molar-refractivity contribution in [3.8, 4) is 0 Å². The molecule has 0 atom stereocenters. The first-order chi connectivity index (χ1) is 4.79. The maximum atomic E-state index is 3.81. The Hall–Kier alpha value is 0.733. The van der Waals surface area contributed by atoms with Gasteiger partial charge in [-0.25, -0.2) is 0 Å². The quantitative estimate of drug-likeness (QED) is 0.530. The molecule has 0 saturated heterocycles. The number of nitrogens with zero attached hydrogens (tertiary/aromatic N) is 1. The van der Waals surface area contributed by atoms with Gasteiger partial charge in [-0.3, -0.25) is 0 Å². The van der Waals surface area contributed by atoms with Gasteiger partial charge >= 0.3 is 30.0 Å². The van der Waals surface area contributed by atoms with E-state index in [9.17, 15) is 0 Å². The fourth-order valence-electron chi connectivity index (χ4n) is 0.472. The van der Waals surface area contributed by atoms with Gasteiger partial charge in [-0.05, 0) is 0 Å². The molecule has 10 heavy (non-hydrogen) atoms. The minimum absolute atomic E-state index is 1.01. The van der Waals surface area contributed by atoms with Gasteiger partial charge in [0.05, 0.1) is 0 Å². The third-order valence-corrected chi connectivity index (χ3v) is 1.22. The Labute approximate surface area is 85.8 Å². The summed E-state index contributed by atoms with van der Waals surface area (Å²) in [6, 6.07) is 1.97. The van der Waals surface area contributed by atoms with Gasteiger partial charge in [-0.2, -0.15) is 6.07 Å². The van der Waals surface area contributed by atoms with Gasteiger partial charge in [0.1, 0.15) is 0 Å². The monoisotopic (exact) mass is 313 g/mol. The normalized spacial score (nSPS) is 8.10. The number of halogens is 2. The second kappa shape index (κ2) is 6.44. The summed E-state index contributed by atoms with van der Waals surface area (Å²) in [6.45, 7) is 1.96. The fourth-order valence-corrected chi connectivity index (χ4v) is 0.918. The summed E-state index contributed by atoms with van der Waals surface area (Å²) in [5, 5.41) is 0. The zero-order chi connectivity index (χ0) is 7.98. The van der Waals surface area contributed by atoms with E-state index < -0.39 is 0 Å². The van der Waals surface area contributed by atoms with Crippen molar-refractivity contribution >= 4 is 29.6 Å². The summed E-state index contributed by atoms with van der Waals surface area (Å²) in [6.07, 6.45) is 4.51. The van der Waals surface area contributed by atoms with Crippen molar-refractivity contribution in [1.82, 2.24) is 4.98 Å².